The molecule has 0 aliphatic carbocycles. The zero-order valence-corrected chi connectivity index (χ0v) is 14.4. The number of benzene rings is 2. The Morgan fingerprint density at radius 2 is 1.73 bits per heavy atom. The van der Waals surface area contributed by atoms with Gasteiger partial charge in [-0.05, 0) is 18.1 Å². The van der Waals surface area contributed by atoms with E-state index in [0.29, 0.717) is 0 Å². The number of esters is 1. The molecule has 0 aromatic heterocycles. The van der Waals surface area contributed by atoms with Crippen LogP contribution in [0.4, 0.5) is 4.79 Å². The number of hydrogen-bond donors (Lipinski definition) is 1. The van der Waals surface area contributed by atoms with Crippen LogP contribution in [0.2, 0.25) is 0 Å². The second-order valence-electron chi connectivity index (χ2n) is 6.16. The van der Waals surface area contributed by atoms with E-state index in [2.05, 4.69) is 5.32 Å². The molecule has 6 nitrogen and oxygen atoms in total. The Hall–Kier alpha value is -3.15. The molecule has 1 heterocycles. The number of β-lactam (4-membered cyclic amide) rings is 1. The third kappa shape index (κ3) is 3.91. The summed E-state index contributed by atoms with van der Waals surface area (Å²) in [5.74, 6) is -0.958. The largest absolute Gasteiger partial charge is 0.459 e. The molecule has 1 fully saturated rings. The first kappa shape index (κ1) is 17.7. The highest BCUT2D eigenvalue weighted by molar-refractivity contribution is 6.06. The van der Waals surface area contributed by atoms with Crippen molar-refractivity contribution in [2.75, 3.05) is 0 Å². The number of imide groups is 1. The number of likely N-dealkylation sites (tertiary alicyclic amines) is 1. The number of hydrogen-bond acceptors (Lipinski definition) is 4. The van der Waals surface area contributed by atoms with Crippen molar-refractivity contribution < 1.29 is 19.1 Å². The molecular formula is C20H20N2O4. The zero-order chi connectivity index (χ0) is 18.5. The Balaban J connectivity index is 1.57. The van der Waals surface area contributed by atoms with E-state index in [0.717, 1.165) is 16.0 Å². The number of ether oxygens (including phenoxy) is 1. The fourth-order valence-corrected chi connectivity index (χ4v) is 2.76. The maximum absolute atomic E-state index is 12.4. The maximum atomic E-state index is 12.4. The minimum atomic E-state index is -0.866. The maximum Gasteiger partial charge on any atom is 0.330 e. The van der Waals surface area contributed by atoms with Crippen LogP contribution < -0.4 is 5.32 Å². The van der Waals surface area contributed by atoms with E-state index in [1.54, 1.807) is 0 Å². The number of carbonyl (C=O) groups excluding carboxylic acids is 3. The molecule has 0 spiro atoms. The van der Waals surface area contributed by atoms with Gasteiger partial charge in [0.15, 0.2) is 0 Å². The summed E-state index contributed by atoms with van der Waals surface area (Å²) in [6.07, 6.45) is -0.0131. The van der Waals surface area contributed by atoms with Crippen molar-refractivity contribution in [3.63, 3.8) is 0 Å². The Labute approximate surface area is 151 Å². The van der Waals surface area contributed by atoms with Crippen molar-refractivity contribution in [1.82, 2.24) is 10.2 Å². The fourth-order valence-electron chi connectivity index (χ4n) is 2.76. The molecule has 134 valence electrons. The van der Waals surface area contributed by atoms with Gasteiger partial charge in [0.25, 0.3) is 0 Å². The summed E-state index contributed by atoms with van der Waals surface area (Å²) in [5.41, 5.74) is 1.76. The van der Waals surface area contributed by atoms with Crippen LogP contribution in [0, 0.1) is 0 Å². The first-order valence-corrected chi connectivity index (χ1v) is 8.44. The van der Waals surface area contributed by atoms with Crippen LogP contribution in [0.25, 0.3) is 0 Å². The summed E-state index contributed by atoms with van der Waals surface area (Å²) >= 11 is 0. The molecule has 6 heteroatoms. The van der Waals surface area contributed by atoms with Gasteiger partial charge in [0.1, 0.15) is 12.6 Å². The van der Waals surface area contributed by atoms with Gasteiger partial charge in [0.05, 0.1) is 12.5 Å². The molecule has 1 aliphatic rings. The molecule has 1 aliphatic heterocycles. The lowest BCUT2D eigenvalue weighted by atomic mass is 10.0. The number of rotatable bonds is 5. The van der Waals surface area contributed by atoms with E-state index in [9.17, 15) is 14.4 Å². The van der Waals surface area contributed by atoms with E-state index in [-0.39, 0.29) is 25.0 Å². The number of urea groups is 1. The van der Waals surface area contributed by atoms with Crippen molar-refractivity contribution in [2.24, 2.45) is 0 Å². The molecule has 1 saturated heterocycles. The summed E-state index contributed by atoms with van der Waals surface area (Å²) in [4.78, 5) is 37.4. The van der Waals surface area contributed by atoms with Gasteiger partial charge in [-0.3, -0.25) is 4.79 Å². The molecule has 0 bridgehead atoms. The Kier molecular flexibility index (Phi) is 5.31. The second kappa shape index (κ2) is 7.82. The minimum absolute atomic E-state index is 0.0131. The molecule has 1 N–H and O–H groups in total. The molecule has 26 heavy (non-hydrogen) atoms. The van der Waals surface area contributed by atoms with Gasteiger partial charge in [0, 0.05) is 0 Å². The third-order valence-corrected chi connectivity index (χ3v) is 4.30. The van der Waals surface area contributed by atoms with E-state index < -0.39 is 18.0 Å². The molecule has 2 aromatic rings. The predicted molar refractivity (Wildman–Crippen MR) is 94.9 cm³/mol. The van der Waals surface area contributed by atoms with E-state index in [1.807, 2.05) is 67.6 Å². The third-order valence-electron chi connectivity index (χ3n) is 4.30. The predicted octanol–water partition coefficient (Wildman–Crippen LogP) is 2.80. The van der Waals surface area contributed by atoms with Gasteiger partial charge in [0.2, 0.25) is 5.91 Å². The van der Waals surface area contributed by atoms with Crippen molar-refractivity contribution in [2.45, 2.75) is 32.0 Å². The van der Waals surface area contributed by atoms with Gasteiger partial charge in [-0.25, -0.2) is 14.5 Å². The standard InChI is InChI=1S/C20H20N2O4/c1-14(16-10-6-3-7-11-16)21-20(25)22-17(12-18(22)23)19(24)26-13-15-8-4-2-5-9-15/h2-11,14,17H,12-13H2,1H3,(H,21,25)/t14-,17+/m1/s1. The summed E-state index contributed by atoms with van der Waals surface area (Å²) in [6.45, 7) is 1.93. The molecule has 2 atom stereocenters. The molecular weight excluding hydrogens is 332 g/mol. The Morgan fingerprint density at radius 3 is 2.35 bits per heavy atom. The Morgan fingerprint density at radius 1 is 1.12 bits per heavy atom. The first-order chi connectivity index (χ1) is 12.6. The monoisotopic (exact) mass is 352 g/mol. The molecule has 0 radical (unpaired) electrons. The van der Waals surface area contributed by atoms with Gasteiger partial charge >= 0.3 is 12.0 Å². The average Bonchev–Trinajstić information content (AvgIpc) is 2.65. The highest BCUT2D eigenvalue weighted by atomic mass is 16.5. The number of carbonyl (C=O) groups is 3. The number of nitrogens with zero attached hydrogens (tertiary/aromatic N) is 1. The van der Waals surface area contributed by atoms with Crippen molar-refractivity contribution >= 4 is 17.9 Å². The van der Waals surface area contributed by atoms with Crippen LogP contribution in [0.15, 0.2) is 60.7 Å². The summed E-state index contributed by atoms with van der Waals surface area (Å²) in [6, 6.07) is 16.9. The SMILES string of the molecule is C[C@@H](NC(=O)N1C(=O)C[C@H]1C(=O)OCc1ccccc1)c1ccccc1. The van der Waals surface area contributed by atoms with Gasteiger partial charge in [-0.2, -0.15) is 0 Å². The quantitative estimate of drug-likeness (QED) is 0.663. The van der Waals surface area contributed by atoms with Crippen LogP contribution in [0.5, 0.6) is 0 Å². The normalized spacial score (nSPS) is 17.2. The lowest BCUT2D eigenvalue weighted by Gasteiger charge is -2.37. The van der Waals surface area contributed by atoms with Crippen molar-refractivity contribution in [1.29, 1.82) is 0 Å². The lowest BCUT2D eigenvalue weighted by molar-refractivity contribution is -0.163. The van der Waals surface area contributed by atoms with E-state index in [1.165, 1.54) is 0 Å². The molecule has 3 amide bonds. The van der Waals surface area contributed by atoms with E-state index >= 15 is 0 Å². The Bertz CT molecular complexity index is 792. The second-order valence-corrected chi connectivity index (χ2v) is 6.16. The van der Waals surface area contributed by atoms with Crippen molar-refractivity contribution in [3.8, 4) is 0 Å². The first-order valence-electron chi connectivity index (χ1n) is 8.44. The number of amides is 3. The van der Waals surface area contributed by atoms with Crippen LogP contribution in [0.1, 0.15) is 30.5 Å². The highest BCUT2D eigenvalue weighted by Gasteiger charge is 2.46. The van der Waals surface area contributed by atoms with Gasteiger partial charge in [-0.1, -0.05) is 60.7 Å². The minimum Gasteiger partial charge on any atom is -0.459 e. The summed E-state index contributed by atoms with van der Waals surface area (Å²) in [7, 11) is 0. The van der Waals surface area contributed by atoms with Crippen LogP contribution >= 0.6 is 0 Å². The van der Waals surface area contributed by atoms with Crippen LogP contribution in [-0.2, 0) is 20.9 Å². The molecule has 0 saturated carbocycles. The number of nitrogens with one attached hydrogen (secondary N) is 1. The molecule has 3 rings (SSSR count). The van der Waals surface area contributed by atoms with E-state index in [4.69, 9.17) is 4.74 Å². The fraction of sp³-hybridized carbons (Fsp3) is 0.250. The average molecular weight is 352 g/mol. The smallest absolute Gasteiger partial charge is 0.330 e. The van der Waals surface area contributed by atoms with Crippen LogP contribution in [0.3, 0.4) is 0 Å². The van der Waals surface area contributed by atoms with Gasteiger partial charge in [-0.15, -0.1) is 0 Å². The molecule has 2 aromatic carbocycles. The highest BCUT2D eigenvalue weighted by Crippen LogP contribution is 2.22. The summed E-state index contributed by atoms with van der Waals surface area (Å²) < 4.78 is 5.24. The summed E-state index contributed by atoms with van der Waals surface area (Å²) in [5, 5.41) is 2.75. The zero-order valence-electron chi connectivity index (χ0n) is 14.4. The molecule has 0 unspecified atom stereocenters. The lowest BCUT2D eigenvalue weighted by Crippen LogP contribution is -2.62. The van der Waals surface area contributed by atoms with Crippen molar-refractivity contribution in [3.05, 3.63) is 71.8 Å². The van der Waals surface area contributed by atoms with Gasteiger partial charge < -0.3 is 10.1 Å². The van der Waals surface area contributed by atoms with Crippen LogP contribution in [-0.4, -0.2) is 28.8 Å². The topological polar surface area (TPSA) is 75.7 Å².